The first kappa shape index (κ1) is 15.7. The molecular weight excluding hydrogens is 312 g/mol. The normalized spacial score (nSPS) is 19.4. The van der Waals surface area contributed by atoms with Crippen LogP contribution in [0.2, 0.25) is 0 Å². The fraction of sp³-hybridized carbons (Fsp3) is 0.353. The Bertz CT molecular complexity index is 724. The van der Waals surface area contributed by atoms with E-state index in [-0.39, 0.29) is 24.2 Å². The molecule has 1 aliphatic heterocycles. The number of nitrogens with zero attached hydrogens (tertiary/aromatic N) is 1. The molecule has 5 nitrogen and oxygen atoms in total. The zero-order chi connectivity index (χ0) is 16.4. The number of benzene rings is 1. The molecule has 1 aliphatic rings. The van der Waals surface area contributed by atoms with E-state index in [0.29, 0.717) is 11.6 Å². The fourth-order valence-corrected chi connectivity index (χ4v) is 3.43. The second-order valence-electron chi connectivity index (χ2n) is 6.24. The predicted octanol–water partition coefficient (Wildman–Crippen LogP) is 3.48. The maximum absolute atomic E-state index is 12.1. The number of aromatic nitrogens is 1. The summed E-state index contributed by atoms with van der Waals surface area (Å²) in [6.07, 6.45) is 0.689. The van der Waals surface area contributed by atoms with E-state index in [9.17, 15) is 9.59 Å². The number of hydrogen-bond acceptors (Lipinski definition) is 5. The largest absolute Gasteiger partial charge is 0.459 e. The van der Waals surface area contributed by atoms with Crippen LogP contribution in [0.4, 0.5) is 5.13 Å². The third kappa shape index (κ3) is 3.76. The van der Waals surface area contributed by atoms with Crippen molar-refractivity contribution in [2.75, 3.05) is 5.32 Å². The van der Waals surface area contributed by atoms with Gasteiger partial charge in [-0.15, -0.1) is 11.3 Å². The smallest absolute Gasteiger partial charge is 0.310 e. The molecule has 23 heavy (non-hydrogen) atoms. The number of ether oxygens (including phenoxy) is 1. The van der Waals surface area contributed by atoms with Gasteiger partial charge in [0, 0.05) is 23.8 Å². The third-order valence-electron chi connectivity index (χ3n) is 3.70. The second kappa shape index (κ2) is 6.12. The van der Waals surface area contributed by atoms with Gasteiger partial charge >= 0.3 is 5.97 Å². The van der Waals surface area contributed by atoms with Crippen LogP contribution in [0.1, 0.15) is 26.7 Å². The van der Waals surface area contributed by atoms with Gasteiger partial charge in [0.1, 0.15) is 5.60 Å². The topological polar surface area (TPSA) is 68.3 Å². The molecule has 1 saturated heterocycles. The summed E-state index contributed by atoms with van der Waals surface area (Å²) < 4.78 is 5.24. The Morgan fingerprint density at radius 2 is 2.13 bits per heavy atom. The van der Waals surface area contributed by atoms with E-state index < -0.39 is 5.60 Å². The minimum absolute atomic E-state index is 0.127. The number of amides is 1. The Hall–Kier alpha value is -2.21. The van der Waals surface area contributed by atoms with Crippen LogP contribution in [0.25, 0.3) is 11.3 Å². The molecule has 6 heteroatoms. The lowest BCUT2D eigenvalue weighted by Crippen LogP contribution is -2.19. The molecule has 1 N–H and O–H groups in total. The maximum atomic E-state index is 12.1. The van der Waals surface area contributed by atoms with Gasteiger partial charge < -0.3 is 10.1 Å². The van der Waals surface area contributed by atoms with E-state index >= 15 is 0 Å². The monoisotopic (exact) mass is 330 g/mol. The Kier molecular flexibility index (Phi) is 4.17. The molecule has 1 fully saturated rings. The highest BCUT2D eigenvalue weighted by molar-refractivity contribution is 7.14. The quantitative estimate of drug-likeness (QED) is 0.872. The number of carbonyl (C=O) groups excluding carboxylic acids is 2. The minimum atomic E-state index is -0.482. The summed E-state index contributed by atoms with van der Waals surface area (Å²) in [5, 5.41) is 5.21. The van der Waals surface area contributed by atoms with Crippen LogP contribution >= 0.6 is 11.3 Å². The number of nitrogens with one attached hydrogen (secondary N) is 1. The SMILES string of the molecule is CC1(C)CC(CC(=O)Nc2nc(-c3ccccc3)cs2)C(=O)O1. The molecule has 1 atom stereocenters. The Labute approximate surface area is 138 Å². The summed E-state index contributed by atoms with van der Waals surface area (Å²) >= 11 is 1.37. The summed E-state index contributed by atoms with van der Waals surface area (Å²) in [4.78, 5) is 28.3. The van der Waals surface area contributed by atoms with E-state index in [1.54, 1.807) is 0 Å². The van der Waals surface area contributed by atoms with Crippen molar-refractivity contribution >= 4 is 28.3 Å². The standard InChI is InChI=1S/C17H18N2O3S/c1-17(2)9-12(15(21)22-17)8-14(20)19-16-18-13(10-23-16)11-6-4-3-5-7-11/h3-7,10,12H,8-9H2,1-2H3,(H,18,19,20). The summed E-state index contributed by atoms with van der Waals surface area (Å²) in [5.41, 5.74) is 1.35. The first-order valence-electron chi connectivity index (χ1n) is 7.47. The minimum Gasteiger partial charge on any atom is -0.459 e. The highest BCUT2D eigenvalue weighted by atomic mass is 32.1. The fourth-order valence-electron chi connectivity index (χ4n) is 2.70. The highest BCUT2D eigenvalue weighted by Crippen LogP contribution is 2.32. The molecule has 0 bridgehead atoms. The molecule has 2 heterocycles. The number of carbonyl (C=O) groups is 2. The van der Waals surface area contributed by atoms with E-state index in [2.05, 4.69) is 10.3 Å². The third-order valence-corrected chi connectivity index (χ3v) is 4.46. The van der Waals surface area contributed by atoms with E-state index in [0.717, 1.165) is 11.3 Å². The number of hydrogen-bond donors (Lipinski definition) is 1. The maximum Gasteiger partial charge on any atom is 0.310 e. The van der Waals surface area contributed by atoms with Crippen molar-refractivity contribution in [1.82, 2.24) is 4.98 Å². The molecule has 0 saturated carbocycles. The number of thiazole rings is 1. The van der Waals surface area contributed by atoms with Gasteiger partial charge in [0.05, 0.1) is 11.6 Å². The van der Waals surface area contributed by atoms with Crippen molar-refractivity contribution in [3.63, 3.8) is 0 Å². The summed E-state index contributed by atoms with van der Waals surface area (Å²) in [6.45, 7) is 3.71. The molecule has 1 amide bonds. The van der Waals surface area contributed by atoms with Crippen molar-refractivity contribution in [1.29, 1.82) is 0 Å². The number of rotatable bonds is 4. The van der Waals surface area contributed by atoms with Crippen LogP contribution in [-0.4, -0.2) is 22.5 Å². The van der Waals surface area contributed by atoms with Crippen molar-refractivity contribution in [2.24, 2.45) is 5.92 Å². The summed E-state index contributed by atoms with van der Waals surface area (Å²) in [7, 11) is 0. The molecule has 0 spiro atoms. The zero-order valence-corrected chi connectivity index (χ0v) is 13.9. The lowest BCUT2D eigenvalue weighted by atomic mass is 9.95. The van der Waals surface area contributed by atoms with Crippen LogP contribution in [0.15, 0.2) is 35.7 Å². The van der Waals surface area contributed by atoms with Gasteiger partial charge in [-0.1, -0.05) is 30.3 Å². The van der Waals surface area contributed by atoms with Crippen LogP contribution in [0.5, 0.6) is 0 Å². The van der Waals surface area contributed by atoms with E-state index in [1.807, 2.05) is 49.6 Å². The van der Waals surface area contributed by atoms with E-state index in [1.165, 1.54) is 11.3 Å². The summed E-state index contributed by atoms with van der Waals surface area (Å²) in [5.74, 6) is -0.883. The van der Waals surface area contributed by atoms with Gasteiger partial charge in [0.2, 0.25) is 5.91 Å². The predicted molar refractivity (Wildman–Crippen MR) is 89.1 cm³/mol. The number of anilines is 1. The molecule has 0 radical (unpaired) electrons. The molecule has 1 aromatic heterocycles. The van der Waals surface area contributed by atoms with Crippen LogP contribution in [0.3, 0.4) is 0 Å². The zero-order valence-electron chi connectivity index (χ0n) is 13.0. The van der Waals surface area contributed by atoms with Gasteiger partial charge in [-0.2, -0.15) is 0 Å². The average Bonchev–Trinajstić information content (AvgIpc) is 3.04. The lowest BCUT2D eigenvalue weighted by Gasteiger charge is -2.14. The van der Waals surface area contributed by atoms with Gasteiger partial charge in [-0.25, -0.2) is 4.98 Å². The molecule has 3 rings (SSSR count). The second-order valence-corrected chi connectivity index (χ2v) is 7.10. The Morgan fingerprint density at radius 3 is 2.78 bits per heavy atom. The van der Waals surface area contributed by atoms with Crippen LogP contribution in [0, 0.1) is 5.92 Å². The van der Waals surface area contributed by atoms with Crippen LogP contribution in [-0.2, 0) is 14.3 Å². The lowest BCUT2D eigenvalue weighted by molar-refractivity contribution is -0.149. The van der Waals surface area contributed by atoms with Crippen molar-refractivity contribution < 1.29 is 14.3 Å². The molecule has 2 aromatic rings. The molecule has 1 unspecified atom stereocenters. The molecule has 1 aromatic carbocycles. The number of esters is 1. The van der Waals surface area contributed by atoms with Crippen molar-refractivity contribution in [3.8, 4) is 11.3 Å². The van der Waals surface area contributed by atoms with Gasteiger partial charge in [-0.3, -0.25) is 9.59 Å². The Morgan fingerprint density at radius 1 is 1.39 bits per heavy atom. The van der Waals surface area contributed by atoms with Gasteiger partial charge in [0.15, 0.2) is 5.13 Å². The van der Waals surface area contributed by atoms with Gasteiger partial charge in [-0.05, 0) is 13.8 Å². The van der Waals surface area contributed by atoms with Crippen molar-refractivity contribution in [2.45, 2.75) is 32.3 Å². The molecule has 120 valence electrons. The van der Waals surface area contributed by atoms with Crippen molar-refractivity contribution in [3.05, 3.63) is 35.7 Å². The first-order valence-corrected chi connectivity index (χ1v) is 8.34. The number of cyclic esters (lactones) is 1. The van der Waals surface area contributed by atoms with E-state index in [4.69, 9.17) is 4.74 Å². The average molecular weight is 330 g/mol. The molecular formula is C17H18N2O3S. The highest BCUT2D eigenvalue weighted by Gasteiger charge is 2.40. The first-order chi connectivity index (χ1) is 10.9. The van der Waals surface area contributed by atoms with Gasteiger partial charge in [0.25, 0.3) is 0 Å². The Balaban J connectivity index is 1.61. The summed E-state index contributed by atoms with van der Waals surface area (Å²) in [6, 6.07) is 9.77. The molecule has 0 aliphatic carbocycles. The van der Waals surface area contributed by atoms with Crippen LogP contribution < -0.4 is 5.32 Å².